The third-order valence-electron chi connectivity index (χ3n) is 5.35. The number of halogens is 1. The highest BCUT2D eigenvalue weighted by atomic mass is 32.2. The molecule has 1 fully saturated rings. The van der Waals surface area contributed by atoms with Gasteiger partial charge in [0.05, 0.1) is 34.1 Å². The molecule has 8 heteroatoms. The maximum absolute atomic E-state index is 14.1. The second-order valence-corrected chi connectivity index (χ2v) is 9.35. The molecular weight excluding hydrogens is 419 g/mol. The molecule has 1 aliphatic heterocycles. The van der Waals surface area contributed by atoms with E-state index >= 15 is 0 Å². The van der Waals surface area contributed by atoms with Crippen LogP contribution in [0.2, 0.25) is 0 Å². The van der Waals surface area contributed by atoms with E-state index in [1.54, 1.807) is 12.1 Å². The van der Waals surface area contributed by atoms with Crippen LogP contribution in [0, 0.1) is 5.82 Å². The number of hydrogen-bond acceptors (Lipinski definition) is 5. The van der Waals surface area contributed by atoms with E-state index in [-0.39, 0.29) is 20.7 Å². The molecule has 0 spiro atoms. The highest BCUT2D eigenvalue weighted by molar-refractivity contribution is 7.91. The zero-order valence-electron chi connectivity index (χ0n) is 17.2. The highest BCUT2D eigenvalue weighted by Gasteiger charge is 2.30. The van der Waals surface area contributed by atoms with Gasteiger partial charge in [-0.05, 0) is 42.3 Å². The smallest absolute Gasteiger partial charge is 0.256 e. The highest BCUT2D eigenvalue weighted by Crippen LogP contribution is 2.32. The van der Waals surface area contributed by atoms with Crippen molar-refractivity contribution in [2.75, 3.05) is 26.3 Å². The molecule has 3 aromatic rings. The minimum absolute atomic E-state index is 0.0557. The van der Waals surface area contributed by atoms with Crippen molar-refractivity contribution in [1.82, 2.24) is 9.88 Å². The summed E-state index contributed by atoms with van der Waals surface area (Å²) in [6, 6.07) is 10.4. The number of nitrogens with zero attached hydrogens (tertiary/aromatic N) is 2. The van der Waals surface area contributed by atoms with Crippen LogP contribution in [0.15, 0.2) is 58.5 Å². The Hall–Kier alpha value is -2.84. The van der Waals surface area contributed by atoms with Crippen LogP contribution in [0.4, 0.5) is 4.39 Å². The molecule has 0 radical (unpaired) electrons. The Morgan fingerprint density at radius 2 is 1.84 bits per heavy atom. The normalized spacial score (nSPS) is 14.7. The Bertz CT molecular complexity index is 1220. The standard InChI is InChI=1S/C23H23FN2O4S/c1-2-3-16-4-7-18(8-5-16)31(28,29)22-19-14-17(24)6-9-21(19)25-15-20(22)23(27)26-10-12-30-13-11-26/h4-9,14-15H,2-3,10-13H2,1H3. The Morgan fingerprint density at radius 1 is 1.13 bits per heavy atom. The summed E-state index contributed by atoms with van der Waals surface area (Å²) in [7, 11) is -4.11. The van der Waals surface area contributed by atoms with Crippen LogP contribution in [0.25, 0.3) is 10.9 Å². The SMILES string of the molecule is CCCc1ccc(S(=O)(=O)c2c(C(=O)N3CCOCC3)cnc3ccc(F)cc23)cc1. The average molecular weight is 443 g/mol. The first-order chi connectivity index (χ1) is 14.9. The van der Waals surface area contributed by atoms with Gasteiger partial charge in [0.15, 0.2) is 0 Å². The molecule has 6 nitrogen and oxygen atoms in total. The van der Waals surface area contributed by atoms with Crippen LogP contribution in [-0.2, 0) is 21.0 Å². The van der Waals surface area contributed by atoms with Gasteiger partial charge in [0.2, 0.25) is 9.84 Å². The summed E-state index contributed by atoms with van der Waals surface area (Å²) in [6.07, 6.45) is 3.05. The van der Waals surface area contributed by atoms with Gasteiger partial charge in [0, 0.05) is 24.7 Å². The van der Waals surface area contributed by atoms with Crippen molar-refractivity contribution in [3.8, 4) is 0 Å². The number of hydrogen-bond donors (Lipinski definition) is 0. The van der Waals surface area contributed by atoms with Crippen LogP contribution >= 0.6 is 0 Å². The Balaban J connectivity index is 1.91. The van der Waals surface area contributed by atoms with Crippen molar-refractivity contribution in [3.63, 3.8) is 0 Å². The Morgan fingerprint density at radius 3 is 2.52 bits per heavy atom. The van der Waals surface area contributed by atoms with E-state index in [9.17, 15) is 17.6 Å². The van der Waals surface area contributed by atoms with E-state index in [2.05, 4.69) is 4.98 Å². The number of sulfone groups is 1. The summed E-state index contributed by atoms with van der Waals surface area (Å²) in [5, 5.41) is 0.0942. The fraction of sp³-hybridized carbons (Fsp3) is 0.304. The molecule has 2 heterocycles. The molecule has 0 aliphatic carbocycles. The second kappa shape index (κ2) is 8.72. The summed E-state index contributed by atoms with van der Waals surface area (Å²) >= 11 is 0. The molecule has 162 valence electrons. The van der Waals surface area contributed by atoms with Gasteiger partial charge in [-0.1, -0.05) is 25.5 Å². The van der Waals surface area contributed by atoms with Crippen LogP contribution in [0.1, 0.15) is 29.3 Å². The minimum atomic E-state index is -4.11. The van der Waals surface area contributed by atoms with E-state index in [1.165, 1.54) is 35.4 Å². The monoisotopic (exact) mass is 442 g/mol. The number of carbonyl (C=O) groups excluding carboxylic acids is 1. The van der Waals surface area contributed by atoms with Gasteiger partial charge in [0.25, 0.3) is 5.91 Å². The van der Waals surface area contributed by atoms with Gasteiger partial charge in [0.1, 0.15) is 5.82 Å². The van der Waals surface area contributed by atoms with E-state index in [1.807, 2.05) is 6.92 Å². The van der Waals surface area contributed by atoms with Crippen LogP contribution in [0.5, 0.6) is 0 Å². The summed E-state index contributed by atoms with van der Waals surface area (Å²) in [6.45, 7) is 3.51. The van der Waals surface area contributed by atoms with Gasteiger partial charge in [-0.3, -0.25) is 9.78 Å². The predicted octanol–water partition coefficient (Wildman–Crippen LogP) is 3.63. The van der Waals surface area contributed by atoms with E-state index in [0.717, 1.165) is 24.5 Å². The second-order valence-electron chi connectivity index (χ2n) is 7.46. The lowest BCUT2D eigenvalue weighted by atomic mass is 10.1. The zero-order chi connectivity index (χ0) is 22.0. The van der Waals surface area contributed by atoms with Crippen molar-refractivity contribution in [1.29, 1.82) is 0 Å². The van der Waals surface area contributed by atoms with Crippen LogP contribution < -0.4 is 0 Å². The summed E-state index contributed by atoms with van der Waals surface area (Å²) < 4.78 is 46.8. The van der Waals surface area contributed by atoms with E-state index in [0.29, 0.717) is 31.8 Å². The van der Waals surface area contributed by atoms with Crippen molar-refractivity contribution in [2.24, 2.45) is 0 Å². The molecule has 1 saturated heterocycles. The maximum Gasteiger partial charge on any atom is 0.256 e. The van der Waals surface area contributed by atoms with Gasteiger partial charge in [-0.2, -0.15) is 0 Å². The molecule has 0 N–H and O–H groups in total. The van der Waals surface area contributed by atoms with E-state index in [4.69, 9.17) is 4.74 Å². The lowest BCUT2D eigenvalue weighted by molar-refractivity contribution is 0.0300. The molecule has 0 bridgehead atoms. The number of aromatic nitrogens is 1. The quantitative estimate of drug-likeness (QED) is 0.603. The number of aryl methyl sites for hydroxylation is 1. The van der Waals surface area contributed by atoms with Crippen molar-refractivity contribution in [3.05, 3.63) is 65.6 Å². The first-order valence-electron chi connectivity index (χ1n) is 10.2. The van der Waals surface area contributed by atoms with Crippen molar-refractivity contribution in [2.45, 2.75) is 29.6 Å². The fourth-order valence-electron chi connectivity index (χ4n) is 3.76. The summed E-state index contributed by atoms with van der Waals surface area (Å²) in [5.74, 6) is -1.05. The number of benzene rings is 2. The molecule has 31 heavy (non-hydrogen) atoms. The lowest BCUT2D eigenvalue weighted by Crippen LogP contribution is -2.41. The third kappa shape index (κ3) is 4.18. The molecule has 0 unspecified atom stereocenters. The molecule has 0 saturated carbocycles. The largest absolute Gasteiger partial charge is 0.378 e. The molecule has 0 atom stereocenters. The third-order valence-corrected chi connectivity index (χ3v) is 7.22. The lowest BCUT2D eigenvalue weighted by Gasteiger charge is -2.27. The fourth-order valence-corrected chi connectivity index (χ4v) is 5.37. The summed E-state index contributed by atoms with van der Waals surface area (Å²) in [5.41, 5.74) is 1.27. The number of carbonyl (C=O) groups is 1. The zero-order valence-corrected chi connectivity index (χ0v) is 18.0. The van der Waals surface area contributed by atoms with Crippen molar-refractivity contribution < 1.29 is 22.3 Å². The molecule has 1 aromatic heterocycles. The van der Waals surface area contributed by atoms with Crippen LogP contribution in [0.3, 0.4) is 0 Å². The topological polar surface area (TPSA) is 76.6 Å². The molecule has 4 rings (SSSR count). The minimum Gasteiger partial charge on any atom is -0.378 e. The molecular formula is C23H23FN2O4S. The Kier molecular flexibility index (Phi) is 6.02. The number of rotatable bonds is 5. The maximum atomic E-state index is 14.1. The van der Waals surface area contributed by atoms with Gasteiger partial charge in [-0.15, -0.1) is 0 Å². The number of ether oxygens (including phenoxy) is 1. The first-order valence-corrected chi connectivity index (χ1v) is 11.7. The molecule has 1 aliphatic rings. The van der Waals surface area contributed by atoms with Crippen molar-refractivity contribution >= 4 is 26.6 Å². The predicted molar refractivity (Wildman–Crippen MR) is 114 cm³/mol. The Labute approximate surface area is 180 Å². The number of morpholine rings is 1. The van der Waals surface area contributed by atoms with Gasteiger partial charge >= 0.3 is 0 Å². The van der Waals surface area contributed by atoms with E-state index < -0.39 is 21.6 Å². The van der Waals surface area contributed by atoms with Gasteiger partial charge in [-0.25, -0.2) is 12.8 Å². The summed E-state index contributed by atoms with van der Waals surface area (Å²) in [4.78, 5) is 18.9. The first kappa shape index (κ1) is 21.4. The molecule has 2 aromatic carbocycles. The van der Waals surface area contributed by atoms with Gasteiger partial charge < -0.3 is 9.64 Å². The molecule has 1 amide bonds. The number of fused-ring (bicyclic) bond motifs is 1. The number of amides is 1. The average Bonchev–Trinajstić information content (AvgIpc) is 2.79. The van der Waals surface area contributed by atoms with Crippen LogP contribution in [-0.4, -0.2) is 50.5 Å². The number of pyridine rings is 1.